The summed E-state index contributed by atoms with van der Waals surface area (Å²) in [6, 6.07) is -4.63. The van der Waals surface area contributed by atoms with Crippen molar-refractivity contribution < 1.29 is 43.0 Å². The first kappa shape index (κ1) is 59.9. The van der Waals surface area contributed by atoms with Gasteiger partial charge in [0.1, 0.15) is 47.6 Å². The van der Waals surface area contributed by atoms with Gasteiger partial charge in [0.25, 0.3) is 0 Å². The van der Waals surface area contributed by atoms with E-state index in [-0.39, 0.29) is 73.0 Å². The molecule has 0 aliphatic rings. The van der Waals surface area contributed by atoms with Crippen LogP contribution >= 0.6 is 0 Å². The van der Waals surface area contributed by atoms with Gasteiger partial charge in [-0.3, -0.25) is 33.7 Å². The lowest BCUT2D eigenvalue weighted by molar-refractivity contribution is -0.135. The minimum atomic E-state index is -1.59. The van der Waals surface area contributed by atoms with Crippen LogP contribution in [0.5, 0.6) is 5.75 Å². The highest BCUT2D eigenvalue weighted by molar-refractivity contribution is 5.97. The zero-order valence-electron chi connectivity index (χ0n) is 41.8. The highest BCUT2D eigenvalue weighted by Gasteiger charge is 2.36. The molecule has 0 fully saturated rings. The maximum absolute atomic E-state index is 14.5. The molecule has 0 radical (unpaired) electrons. The van der Waals surface area contributed by atoms with Gasteiger partial charge in [0, 0.05) is 37.0 Å². The van der Waals surface area contributed by atoms with Crippen molar-refractivity contribution >= 4 is 41.5 Å². The number of carbonyl (C=O) groups is 7. The zero-order chi connectivity index (χ0) is 52.4. The van der Waals surface area contributed by atoms with E-state index >= 15 is 0 Å². The molecule has 0 aromatic heterocycles. The first-order valence-electron chi connectivity index (χ1n) is 22.8. The second-order valence-corrected chi connectivity index (χ2v) is 18.2. The second kappa shape index (κ2) is 30.3. The third-order valence-electron chi connectivity index (χ3n) is 10.4. The number of azide groups is 2. The second-order valence-electron chi connectivity index (χ2n) is 18.2. The number of carbonyl (C=O) groups excluding carboxylic acids is 7. The number of nitrogens with one attached hydrogen (secondary N) is 6. The number of hydrogen-bond donors (Lipinski definition) is 6. The first-order valence-corrected chi connectivity index (χ1v) is 22.8. The molecule has 0 bridgehead atoms. The van der Waals surface area contributed by atoms with Gasteiger partial charge in [0.15, 0.2) is 0 Å². The molecule has 1 rings (SSSR count). The Labute approximate surface area is 405 Å². The smallest absolute Gasteiger partial charge is 0.410 e. The largest absolute Gasteiger partial charge is 0.494 e. The predicted molar refractivity (Wildman–Crippen MR) is 260 cm³/mol. The summed E-state index contributed by atoms with van der Waals surface area (Å²) in [5.74, 6) is 0.551. The van der Waals surface area contributed by atoms with Crippen LogP contribution in [0.1, 0.15) is 129 Å². The molecule has 0 heterocycles. The van der Waals surface area contributed by atoms with Gasteiger partial charge in [-0.25, -0.2) is 4.79 Å². The molecule has 0 saturated heterocycles. The highest BCUT2D eigenvalue weighted by atomic mass is 16.6. The van der Waals surface area contributed by atoms with E-state index in [0.717, 1.165) is 0 Å². The maximum atomic E-state index is 14.5. The number of hydrogen-bond acceptors (Lipinski definition) is 11. The van der Waals surface area contributed by atoms with Crippen LogP contribution < -0.4 is 36.6 Å². The number of ether oxygens (including phenoxy) is 2. The highest BCUT2D eigenvalue weighted by Crippen LogP contribution is 2.28. The van der Waals surface area contributed by atoms with Gasteiger partial charge in [-0.1, -0.05) is 62.6 Å². The monoisotopic (exact) mass is 962 g/mol. The quantitative estimate of drug-likeness (QED) is 0.0220. The Bertz CT molecular complexity index is 2100. The Hall–Kier alpha value is -7.15. The molecular formula is C47H71N13O9. The van der Waals surface area contributed by atoms with Crippen molar-refractivity contribution in [3.05, 3.63) is 49.7 Å². The van der Waals surface area contributed by atoms with Crippen molar-refractivity contribution in [2.75, 3.05) is 34.3 Å². The summed E-state index contributed by atoms with van der Waals surface area (Å²) in [5, 5.41) is 23.0. The summed E-state index contributed by atoms with van der Waals surface area (Å²) >= 11 is 0. The Balaban J connectivity index is 3.68. The number of terminal acetylenes is 2. The molecule has 378 valence electrons. The number of unbranched alkanes of at least 4 members (excludes halogenated alkanes) is 2. The Morgan fingerprint density at radius 1 is 0.696 bits per heavy atom. The van der Waals surface area contributed by atoms with Crippen LogP contribution in [0.25, 0.3) is 20.9 Å². The Morgan fingerprint density at radius 2 is 1.17 bits per heavy atom. The van der Waals surface area contributed by atoms with Crippen LogP contribution in [0.15, 0.2) is 22.4 Å². The van der Waals surface area contributed by atoms with E-state index in [0.29, 0.717) is 25.7 Å². The number of amides is 7. The van der Waals surface area contributed by atoms with Crippen molar-refractivity contribution in [3.8, 4) is 30.4 Å². The lowest BCUT2D eigenvalue weighted by Crippen LogP contribution is -2.58. The molecule has 0 saturated carbocycles. The van der Waals surface area contributed by atoms with E-state index in [4.69, 9.17) is 33.4 Å². The van der Waals surface area contributed by atoms with Crippen LogP contribution in [-0.4, -0.2) is 117 Å². The topological polar surface area (TPSA) is 311 Å². The molecule has 1 aromatic rings. The molecule has 22 nitrogen and oxygen atoms in total. The van der Waals surface area contributed by atoms with Gasteiger partial charge in [-0.2, -0.15) is 0 Å². The third-order valence-corrected chi connectivity index (χ3v) is 10.4. The first-order chi connectivity index (χ1) is 32.5. The van der Waals surface area contributed by atoms with Crippen LogP contribution in [-0.2, 0) is 33.5 Å². The Morgan fingerprint density at radius 3 is 1.62 bits per heavy atom. The van der Waals surface area contributed by atoms with E-state index in [1.54, 1.807) is 20.8 Å². The van der Waals surface area contributed by atoms with Crippen molar-refractivity contribution in [3.63, 3.8) is 0 Å². The summed E-state index contributed by atoms with van der Waals surface area (Å²) in [5.41, 5.74) is 16.9. The van der Waals surface area contributed by atoms with Gasteiger partial charge in [0.2, 0.25) is 35.4 Å². The number of likely N-dealkylation sites (N-methyl/N-ethyl adjacent to an activating group) is 2. The summed E-state index contributed by atoms with van der Waals surface area (Å²) in [6.07, 6.45) is 13.0. The average Bonchev–Trinajstić information content (AvgIpc) is 3.28. The molecule has 22 heteroatoms. The van der Waals surface area contributed by atoms with Gasteiger partial charge >= 0.3 is 6.09 Å². The van der Waals surface area contributed by atoms with E-state index in [1.807, 2.05) is 27.7 Å². The number of benzene rings is 1. The van der Waals surface area contributed by atoms with E-state index < -0.39 is 83.4 Å². The minimum absolute atomic E-state index is 0.0494. The fourth-order valence-electron chi connectivity index (χ4n) is 6.91. The zero-order valence-corrected chi connectivity index (χ0v) is 41.8. The minimum Gasteiger partial charge on any atom is -0.494 e. The van der Waals surface area contributed by atoms with Crippen LogP contribution in [0.3, 0.4) is 0 Å². The number of methoxy groups -OCH3 is 1. The molecular weight excluding hydrogens is 891 g/mol. The predicted octanol–water partition coefficient (Wildman–Crippen LogP) is 4.81. The summed E-state index contributed by atoms with van der Waals surface area (Å²) < 4.78 is 10.9. The van der Waals surface area contributed by atoms with Crippen molar-refractivity contribution in [2.45, 2.75) is 149 Å². The lowest BCUT2D eigenvalue weighted by Gasteiger charge is -2.32. The molecule has 1 aromatic carbocycles. The molecule has 0 aliphatic heterocycles. The van der Waals surface area contributed by atoms with E-state index in [2.05, 4.69) is 63.8 Å². The van der Waals surface area contributed by atoms with Crippen LogP contribution in [0.4, 0.5) is 4.79 Å². The maximum Gasteiger partial charge on any atom is 0.410 e. The van der Waals surface area contributed by atoms with E-state index in [1.165, 1.54) is 45.2 Å². The normalized spacial score (nSPS) is 13.4. The molecule has 69 heavy (non-hydrogen) atoms. The average molecular weight is 962 g/mol. The standard InChI is InChI=1S/C47H71N13O9/c1-14-31-26-33(27-32(15-2)39(31)68-13)38(45(66)56-36(24-28(3)4)43(64)54-34(41(62)50-11)20-16-18-22-51-58-48)57-40(61)30(7)53-42(63)35(21-17-19-23-52-59-49)55-44(65)37(25-29(5)6)60(12)46(67)69-47(8,9)10/h1-2,26-30,34-38H,16-25H2,3-13H3,(H,50,62)(H,53,63)(H,54,64)(H,55,65)(H,56,66)(H,57,61)/t30-,34-,35+,36+,37+,38-/m0/s1. The SMILES string of the molecule is C#Cc1cc([C@H](NC(=O)[C@H](C)NC(=O)[C@@H](CCCCN=[N+]=[N-])NC(=O)[C@@H](CC(C)C)N(C)C(=O)OC(C)(C)C)C(=O)N[C@H](CC(C)C)C(=O)N[C@@H](CCCCN=[N+]=[N-])C(=O)NC)cc(C#C)c1OC. The molecule has 6 atom stereocenters. The number of rotatable bonds is 28. The van der Waals surface area contributed by atoms with Crippen LogP contribution in [0, 0.1) is 36.5 Å². The number of nitrogens with zero attached hydrogens (tertiary/aromatic N) is 7. The molecule has 0 unspecified atom stereocenters. The summed E-state index contributed by atoms with van der Waals surface area (Å²) in [4.78, 5) is 103. The van der Waals surface area contributed by atoms with Gasteiger partial charge in [0.05, 0.1) is 18.2 Å². The van der Waals surface area contributed by atoms with Gasteiger partial charge in [-0.05, 0) is 107 Å². The lowest BCUT2D eigenvalue weighted by atomic mass is 9.97. The van der Waals surface area contributed by atoms with Gasteiger partial charge < -0.3 is 41.4 Å². The van der Waals surface area contributed by atoms with Crippen molar-refractivity contribution in [2.24, 2.45) is 22.1 Å². The molecule has 0 aliphatic carbocycles. The summed E-state index contributed by atoms with van der Waals surface area (Å²) in [7, 11) is 4.19. The molecule has 0 spiro atoms. The summed E-state index contributed by atoms with van der Waals surface area (Å²) in [6.45, 7) is 14.1. The third kappa shape index (κ3) is 21.1. The van der Waals surface area contributed by atoms with Crippen molar-refractivity contribution in [1.82, 2.24) is 36.8 Å². The Kier molecular flexibility index (Phi) is 26.3. The van der Waals surface area contributed by atoms with Crippen molar-refractivity contribution in [1.29, 1.82) is 0 Å². The van der Waals surface area contributed by atoms with Gasteiger partial charge in [-0.15, -0.1) is 12.8 Å². The molecule has 7 amide bonds. The molecule has 6 N–H and O–H groups in total. The fraction of sp³-hybridized carbons (Fsp3) is 0.638. The fourth-order valence-corrected chi connectivity index (χ4v) is 6.91. The van der Waals surface area contributed by atoms with Crippen LogP contribution in [0.2, 0.25) is 0 Å². The van der Waals surface area contributed by atoms with E-state index in [9.17, 15) is 33.6 Å².